The van der Waals surface area contributed by atoms with Crippen molar-refractivity contribution < 1.29 is 13.2 Å². The van der Waals surface area contributed by atoms with Crippen LogP contribution in [0.2, 0.25) is 10.0 Å². The Kier molecular flexibility index (Phi) is 7.02. The molecule has 30 heavy (non-hydrogen) atoms. The smallest absolute Gasteiger partial charge is 0.258 e. The molecule has 0 bridgehead atoms. The number of sulfonamides is 1. The number of aromatic nitrogens is 2. The van der Waals surface area contributed by atoms with Gasteiger partial charge in [0, 0.05) is 11.9 Å². The lowest BCUT2D eigenvalue weighted by molar-refractivity contribution is 0.102. The molecule has 12 heteroatoms. The Hall–Kier alpha value is -2.14. The van der Waals surface area contributed by atoms with Crippen LogP contribution in [0, 0.1) is 0 Å². The SMILES string of the molecule is CCCS(=O)(=O)Nc1ccc(Cl)c(NC(=O)c2csc3c(NCC)ncnc23)c1Cl. The Morgan fingerprint density at radius 3 is 2.67 bits per heavy atom. The van der Waals surface area contributed by atoms with E-state index in [4.69, 9.17) is 23.2 Å². The highest BCUT2D eigenvalue weighted by Crippen LogP contribution is 2.38. The summed E-state index contributed by atoms with van der Waals surface area (Å²) in [6.07, 6.45) is 1.83. The van der Waals surface area contributed by atoms with Crippen LogP contribution in [0.25, 0.3) is 10.2 Å². The van der Waals surface area contributed by atoms with Crippen LogP contribution in [0.3, 0.4) is 0 Å². The maximum absolute atomic E-state index is 12.9. The van der Waals surface area contributed by atoms with Crippen LogP contribution < -0.4 is 15.4 Å². The standard InChI is InChI=1S/C18H19Cl2N5O3S2/c1-3-7-30(27,28)25-12-6-5-11(19)15(13(12)20)24-18(26)10-8-29-16-14(10)22-9-23-17(16)21-4-2/h5-6,8-9,25H,3-4,7H2,1-2H3,(H,24,26)(H,21,22,23). The number of carbonyl (C=O) groups is 1. The second-order valence-electron chi connectivity index (χ2n) is 6.24. The molecule has 0 spiro atoms. The van der Waals surface area contributed by atoms with Crippen LogP contribution in [-0.4, -0.2) is 36.6 Å². The predicted molar refractivity (Wildman–Crippen MR) is 124 cm³/mol. The van der Waals surface area contributed by atoms with Gasteiger partial charge >= 0.3 is 0 Å². The van der Waals surface area contributed by atoms with Crippen LogP contribution in [0.5, 0.6) is 0 Å². The number of nitrogens with zero attached hydrogens (tertiary/aromatic N) is 2. The van der Waals surface area contributed by atoms with Gasteiger partial charge in [0.25, 0.3) is 5.91 Å². The summed E-state index contributed by atoms with van der Waals surface area (Å²) in [7, 11) is -3.56. The molecule has 3 N–H and O–H groups in total. The van der Waals surface area contributed by atoms with E-state index in [1.807, 2.05) is 6.92 Å². The minimum atomic E-state index is -3.56. The van der Waals surface area contributed by atoms with E-state index < -0.39 is 15.9 Å². The molecule has 0 aliphatic rings. The number of anilines is 3. The van der Waals surface area contributed by atoms with Gasteiger partial charge in [0.15, 0.2) is 0 Å². The van der Waals surface area contributed by atoms with Crippen LogP contribution >= 0.6 is 34.5 Å². The average molecular weight is 488 g/mol. The minimum absolute atomic E-state index is 0.00183. The van der Waals surface area contributed by atoms with Gasteiger partial charge in [-0.1, -0.05) is 30.1 Å². The highest BCUT2D eigenvalue weighted by Gasteiger charge is 2.21. The number of benzene rings is 1. The number of carbonyl (C=O) groups excluding carboxylic acids is 1. The zero-order valence-corrected chi connectivity index (χ0v) is 19.3. The van der Waals surface area contributed by atoms with Crippen molar-refractivity contribution in [3.63, 3.8) is 0 Å². The molecule has 2 heterocycles. The quantitative estimate of drug-likeness (QED) is 0.419. The molecule has 0 saturated heterocycles. The molecular formula is C18H19Cl2N5O3S2. The van der Waals surface area contributed by atoms with Crippen LogP contribution in [-0.2, 0) is 10.0 Å². The average Bonchev–Trinajstić information content (AvgIpc) is 3.13. The fourth-order valence-corrected chi connectivity index (χ4v) is 5.40. The molecule has 0 fully saturated rings. The van der Waals surface area contributed by atoms with Crippen molar-refractivity contribution in [2.75, 3.05) is 27.7 Å². The minimum Gasteiger partial charge on any atom is -0.369 e. The summed E-state index contributed by atoms with van der Waals surface area (Å²) in [4.78, 5) is 21.3. The molecule has 0 aliphatic heterocycles. The molecular weight excluding hydrogens is 469 g/mol. The van der Waals surface area contributed by atoms with Crippen molar-refractivity contribution >= 4 is 77.9 Å². The monoisotopic (exact) mass is 487 g/mol. The molecule has 2 aromatic heterocycles. The molecule has 0 radical (unpaired) electrons. The first-order valence-corrected chi connectivity index (χ1v) is 12.3. The van der Waals surface area contributed by atoms with E-state index in [1.165, 1.54) is 29.8 Å². The molecule has 160 valence electrons. The van der Waals surface area contributed by atoms with E-state index in [0.29, 0.717) is 29.9 Å². The second kappa shape index (κ2) is 9.34. The maximum Gasteiger partial charge on any atom is 0.258 e. The number of halogens is 2. The molecule has 1 amide bonds. The van der Waals surface area contributed by atoms with Gasteiger partial charge in [0.1, 0.15) is 12.1 Å². The fourth-order valence-electron chi connectivity index (χ4n) is 2.72. The first-order valence-electron chi connectivity index (χ1n) is 9.03. The third kappa shape index (κ3) is 4.77. The molecule has 1 aromatic carbocycles. The van der Waals surface area contributed by atoms with Gasteiger partial charge < -0.3 is 10.6 Å². The van der Waals surface area contributed by atoms with Gasteiger partial charge in [0.05, 0.1) is 43.0 Å². The second-order valence-corrected chi connectivity index (χ2v) is 9.75. The summed E-state index contributed by atoms with van der Waals surface area (Å²) in [5.41, 5.74) is 1.08. The summed E-state index contributed by atoms with van der Waals surface area (Å²) in [6.45, 7) is 4.38. The molecule has 3 rings (SSSR count). The van der Waals surface area contributed by atoms with Gasteiger partial charge in [-0.25, -0.2) is 18.4 Å². The third-order valence-electron chi connectivity index (χ3n) is 4.01. The van der Waals surface area contributed by atoms with Crippen molar-refractivity contribution in [2.45, 2.75) is 20.3 Å². The summed E-state index contributed by atoms with van der Waals surface area (Å²) in [5, 5.41) is 7.65. The number of nitrogens with one attached hydrogen (secondary N) is 3. The van der Waals surface area contributed by atoms with E-state index in [-0.39, 0.29) is 27.2 Å². The number of amides is 1. The van der Waals surface area contributed by atoms with E-state index in [0.717, 1.165) is 4.70 Å². The van der Waals surface area contributed by atoms with Gasteiger partial charge in [-0.3, -0.25) is 9.52 Å². The van der Waals surface area contributed by atoms with Crippen LogP contribution in [0.4, 0.5) is 17.2 Å². The Morgan fingerprint density at radius 2 is 1.97 bits per heavy atom. The Bertz CT molecular complexity index is 1200. The summed E-state index contributed by atoms with van der Waals surface area (Å²) < 4.78 is 27.3. The third-order valence-corrected chi connectivity index (χ3v) is 7.17. The van der Waals surface area contributed by atoms with E-state index >= 15 is 0 Å². The zero-order chi connectivity index (χ0) is 21.9. The van der Waals surface area contributed by atoms with Crippen molar-refractivity contribution in [1.82, 2.24) is 9.97 Å². The molecule has 0 saturated carbocycles. The predicted octanol–water partition coefficient (Wildman–Crippen LogP) is 4.83. The summed E-state index contributed by atoms with van der Waals surface area (Å²) in [5.74, 6) is 0.122. The molecule has 3 aromatic rings. The van der Waals surface area contributed by atoms with Crippen molar-refractivity contribution in [3.05, 3.63) is 39.4 Å². The first kappa shape index (κ1) is 22.5. The fraction of sp³-hybridized carbons (Fsp3) is 0.278. The van der Waals surface area contributed by atoms with Crippen LogP contribution in [0.15, 0.2) is 23.8 Å². The van der Waals surface area contributed by atoms with Gasteiger partial charge in [0.2, 0.25) is 10.0 Å². The first-order chi connectivity index (χ1) is 14.3. The normalized spacial score (nSPS) is 11.5. The molecule has 0 unspecified atom stereocenters. The number of rotatable bonds is 8. The van der Waals surface area contributed by atoms with E-state index in [2.05, 4.69) is 25.3 Å². The van der Waals surface area contributed by atoms with Gasteiger partial charge in [-0.15, -0.1) is 11.3 Å². The highest BCUT2D eigenvalue weighted by molar-refractivity contribution is 7.92. The highest BCUT2D eigenvalue weighted by atomic mass is 35.5. The maximum atomic E-state index is 12.9. The van der Waals surface area contributed by atoms with Crippen molar-refractivity contribution in [3.8, 4) is 0 Å². The van der Waals surface area contributed by atoms with E-state index in [9.17, 15) is 13.2 Å². The van der Waals surface area contributed by atoms with Gasteiger partial charge in [-0.2, -0.15) is 0 Å². The van der Waals surface area contributed by atoms with Crippen LogP contribution in [0.1, 0.15) is 30.6 Å². The number of hydrogen-bond acceptors (Lipinski definition) is 7. The summed E-state index contributed by atoms with van der Waals surface area (Å²) >= 11 is 13.9. The van der Waals surface area contributed by atoms with E-state index in [1.54, 1.807) is 12.3 Å². The van der Waals surface area contributed by atoms with Gasteiger partial charge in [-0.05, 0) is 25.5 Å². The number of thiophene rings is 1. The lowest BCUT2D eigenvalue weighted by Crippen LogP contribution is -2.17. The lowest BCUT2D eigenvalue weighted by Gasteiger charge is -2.14. The Balaban J connectivity index is 1.93. The summed E-state index contributed by atoms with van der Waals surface area (Å²) in [6, 6.07) is 2.91. The molecule has 0 aliphatic carbocycles. The molecule has 0 atom stereocenters. The largest absolute Gasteiger partial charge is 0.369 e. The van der Waals surface area contributed by atoms with Crippen molar-refractivity contribution in [2.24, 2.45) is 0 Å². The Morgan fingerprint density at radius 1 is 1.20 bits per heavy atom. The Labute approximate surface area is 188 Å². The zero-order valence-electron chi connectivity index (χ0n) is 16.1. The lowest BCUT2D eigenvalue weighted by atomic mass is 10.2. The molecule has 8 nitrogen and oxygen atoms in total. The number of hydrogen-bond donors (Lipinski definition) is 3. The van der Waals surface area contributed by atoms with Crippen molar-refractivity contribution in [1.29, 1.82) is 0 Å². The number of fused-ring (bicyclic) bond motifs is 1. The topological polar surface area (TPSA) is 113 Å².